The van der Waals surface area contributed by atoms with Gasteiger partial charge in [0.1, 0.15) is 17.7 Å². The fraction of sp³-hybridized carbons (Fsp3) is 0.367. The maximum atomic E-state index is 12.7. The molecule has 208 valence electrons. The van der Waals surface area contributed by atoms with Gasteiger partial charge in [-0.3, -0.25) is 14.6 Å². The third-order valence-electron chi connectivity index (χ3n) is 7.64. The Labute approximate surface area is 232 Å². The molecule has 1 aromatic carbocycles. The van der Waals surface area contributed by atoms with Crippen molar-refractivity contribution >= 4 is 23.2 Å². The molecule has 0 aliphatic carbocycles. The molecule has 1 atom stereocenters. The zero-order valence-electron chi connectivity index (χ0n) is 23.2. The summed E-state index contributed by atoms with van der Waals surface area (Å²) in [6, 6.07) is 9.98. The number of amides is 1. The third kappa shape index (κ3) is 4.90. The number of anilines is 1. The fourth-order valence-corrected chi connectivity index (χ4v) is 5.47. The van der Waals surface area contributed by atoms with E-state index in [4.69, 9.17) is 20.4 Å². The van der Waals surface area contributed by atoms with Gasteiger partial charge in [0.25, 0.3) is 5.91 Å². The average molecular weight is 543 g/mol. The summed E-state index contributed by atoms with van der Waals surface area (Å²) in [6.07, 6.45) is 4.52. The highest BCUT2D eigenvalue weighted by molar-refractivity contribution is 6.00. The largest absolute Gasteiger partial charge is 0.496 e. The number of aryl methyl sites for hydroxylation is 1. The monoisotopic (exact) mass is 542 g/mol. The summed E-state index contributed by atoms with van der Waals surface area (Å²) in [7, 11) is 1.67. The number of ketones is 1. The number of carbonyl (C=O) groups excluding carboxylic acids is 2. The van der Waals surface area contributed by atoms with Gasteiger partial charge in [-0.1, -0.05) is 13.0 Å². The van der Waals surface area contributed by atoms with Crippen LogP contribution in [0.1, 0.15) is 61.1 Å². The van der Waals surface area contributed by atoms with E-state index in [0.29, 0.717) is 42.8 Å². The molecule has 0 spiro atoms. The normalized spacial score (nSPS) is 14.9. The first-order valence-corrected chi connectivity index (χ1v) is 13.5. The Morgan fingerprint density at radius 2 is 1.88 bits per heavy atom. The molecule has 3 N–H and O–H groups in total. The predicted octanol–water partition coefficient (Wildman–Crippen LogP) is 3.90. The fourth-order valence-electron chi connectivity index (χ4n) is 5.47. The van der Waals surface area contributed by atoms with Gasteiger partial charge in [-0.15, -0.1) is 0 Å². The van der Waals surface area contributed by atoms with Gasteiger partial charge in [-0.2, -0.15) is 9.61 Å². The Morgan fingerprint density at radius 3 is 2.48 bits per heavy atom. The van der Waals surface area contributed by atoms with Crippen LogP contribution in [0.2, 0.25) is 0 Å². The van der Waals surface area contributed by atoms with Crippen LogP contribution in [0.5, 0.6) is 5.75 Å². The first-order chi connectivity index (χ1) is 19.2. The van der Waals surface area contributed by atoms with E-state index in [0.717, 1.165) is 40.1 Å². The molecule has 3 aromatic heterocycles. The Balaban J connectivity index is 1.50. The molecule has 0 unspecified atom stereocenters. The van der Waals surface area contributed by atoms with E-state index in [1.807, 2.05) is 24.3 Å². The van der Waals surface area contributed by atoms with Crippen molar-refractivity contribution in [2.24, 2.45) is 0 Å². The molecule has 0 bridgehead atoms. The summed E-state index contributed by atoms with van der Waals surface area (Å²) < 4.78 is 6.96. The Bertz CT molecular complexity index is 1570. The molecule has 0 saturated carbocycles. The Kier molecular flexibility index (Phi) is 7.53. The van der Waals surface area contributed by atoms with E-state index in [2.05, 4.69) is 18.1 Å². The van der Waals surface area contributed by atoms with E-state index in [9.17, 15) is 14.7 Å². The van der Waals surface area contributed by atoms with Crippen LogP contribution in [-0.4, -0.2) is 67.6 Å². The van der Waals surface area contributed by atoms with E-state index >= 15 is 0 Å². The van der Waals surface area contributed by atoms with Crippen LogP contribution in [0, 0.1) is 0 Å². The number of likely N-dealkylation sites (tertiary alicyclic amines) is 1. The van der Waals surface area contributed by atoms with Gasteiger partial charge in [0.2, 0.25) is 0 Å². The number of piperidine rings is 1. The maximum absolute atomic E-state index is 12.7. The summed E-state index contributed by atoms with van der Waals surface area (Å²) in [6.45, 7) is 5.99. The van der Waals surface area contributed by atoms with Crippen molar-refractivity contribution in [1.29, 1.82) is 0 Å². The van der Waals surface area contributed by atoms with Gasteiger partial charge >= 0.3 is 0 Å². The second kappa shape index (κ2) is 11.1. The van der Waals surface area contributed by atoms with Crippen molar-refractivity contribution in [1.82, 2.24) is 24.5 Å². The van der Waals surface area contributed by atoms with E-state index in [1.165, 1.54) is 18.4 Å². The van der Waals surface area contributed by atoms with Gasteiger partial charge in [0.15, 0.2) is 11.4 Å². The number of hydrogen-bond donors (Lipinski definition) is 2. The van der Waals surface area contributed by atoms with Gasteiger partial charge in [0, 0.05) is 41.9 Å². The van der Waals surface area contributed by atoms with Crippen molar-refractivity contribution < 1.29 is 19.4 Å². The van der Waals surface area contributed by atoms with Crippen LogP contribution in [0.15, 0.2) is 42.7 Å². The molecular weight excluding hydrogens is 508 g/mol. The highest BCUT2D eigenvalue weighted by atomic mass is 16.5. The van der Waals surface area contributed by atoms with E-state index in [1.54, 1.807) is 24.4 Å². The van der Waals surface area contributed by atoms with Crippen molar-refractivity contribution in [3.63, 3.8) is 0 Å². The van der Waals surface area contributed by atoms with Crippen LogP contribution < -0.4 is 10.5 Å². The molecule has 1 fully saturated rings. The number of Topliss-reactive ketones (excluding diaryl/α,β-unsaturated/α-hetero) is 1. The quantitative estimate of drug-likeness (QED) is 0.336. The molecular formula is C30H34N6O4. The van der Waals surface area contributed by atoms with Crippen LogP contribution in [0.4, 0.5) is 5.82 Å². The maximum Gasteiger partial charge on any atom is 0.251 e. The summed E-state index contributed by atoms with van der Waals surface area (Å²) >= 11 is 0. The van der Waals surface area contributed by atoms with Gasteiger partial charge in [-0.05, 0) is 62.9 Å². The number of methoxy groups -OCH3 is 1. The summed E-state index contributed by atoms with van der Waals surface area (Å²) in [5, 5.41) is 14.1. The Hall–Kier alpha value is -4.31. The molecule has 1 saturated heterocycles. The second-order valence-electron chi connectivity index (χ2n) is 10.2. The molecule has 10 heteroatoms. The topological polar surface area (TPSA) is 136 Å². The van der Waals surface area contributed by atoms with E-state index in [-0.39, 0.29) is 23.4 Å². The number of benzene rings is 1. The first-order valence-electron chi connectivity index (χ1n) is 13.5. The number of nitrogens with zero attached hydrogens (tertiary/aromatic N) is 5. The van der Waals surface area contributed by atoms with Crippen molar-refractivity contribution in [3.8, 4) is 28.1 Å². The number of nitrogens with two attached hydrogens (primary N) is 1. The molecule has 1 aliphatic heterocycles. The lowest BCUT2D eigenvalue weighted by Crippen LogP contribution is -2.42. The summed E-state index contributed by atoms with van der Waals surface area (Å²) in [4.78, 5) is 36.3. The number of rotatable bonds is 7. The second-order valence-corrected chi connectivity index (χ2v) is 10.2. The number of ether oxygens (including phenoxy) is 1. The highest BCUT2D eigenvalue weighted by Crippen LogP contribution is 2.35. The van der Waals surface area contributed by atoms with Gasteiger partial charge in [-0.25, -0.2) is 4.98 Å². The smallest absolute Gasteiger partial charge is 0.251 e. The lowest BCUT2D eigenvalue weighted by Gasteiger charge is -2.33. The van der Waals surface area contributed by atoms with Crippen molar-refractivity contribution in [2.75, 3.05) is 25.9 Å². The highest BCUT2D eigenvalue weighted by Gasteiger charge is 2.31. The van der Waals surface area contributed by atoms with Crippen LogP contribution in [0.3, 0.4) is 0 Å². The van der Waals surface area contributed by atoms with Crippen molar-refractivity contribution in [3.05, 3.63) is 59.5 Å². The van der Waals surface area contributed by atoms with E-state index < -0.39 is 6.10 Å². The minimum Gasteiger partial charge on any atom is -0.496 e. The number of carbonyl (C=O) groups is 2. The van der Waals surface area contributed by atoms with Crippen LogP contribution in [0.25, 0.3) is 28.0 Å². The summed E-state index contributed by atoms with van der Waals surface area (Å²) in [5.74, 6) is 0.575. The van der Waals surface area contributed by atoms with Crippen LogP contribution in [-0.2, 0) is 11.2 Å². The number of pyridine rings is 1. The molecule has 1 amide bonds. The summed E-state index contributed by atoms with van der Waals surface area (Å²) in [5.41, 5.74) is 12.6. The van der Waals surface area contributed by atoms with Gasteiger partial charge < -0.3 is 20.5 Å². The lowest BCUT2D eigenvalue weighted by atomic mass is 9.89. The predicted molar refractivity (Wildman–Crippen MR) is 152 cm³/mol. The minimum atomic E-state index is -1.04. The number of hydrogen-bond acceptors (Lipinski definition) is 8. The zero-order chi connectivity index (χ0) is 28.6. The third-order valence-corrected chi connectivity index (χ3v) is 7.64. The number of aliphatic hydroxyl groups excluding tert-OH is 1. The number of nitrogen functional groups attached to an aromatic ring is 1. The molecule has 40 heavy (non-hydrogen) atoms. The molecule has 0 radical (unpaired) electrons. The Morgan fingerprint density at radius 1 is 1.15 bits per heavy atom. The SMILES string of the molecule is CCc1cc(-c2ccc(-c3cnn4c(N)c(C(C)=O)c(C5CCN(C(=O)[C@@H](C)O)CC5)nc34)cn2)ccc1OC. The average Bonchev–Trinajstić information content (AvgIpc) is 3.40. The van der Waals surface area contributed by atoms with Crippen LogP contribution >= 0.6 is 0 Å². The number of aromatic nitrogens is 4. The number of fused-ring (bicyclic) bond motifs is 1. The minimum absolute atomic E-state index is 0.0599. The standard InChI is InChI=1S/C30H34N6O4/c1-5-19-14-21(7-9-25(19)40-4)24-8-6-22(15-32-24)23-16-33-36-28(31)26(17(2)37)27(34-29(23)36)20-10-12-35(13-11-20)30(39)18(3)38/h6-9,14-16,18,20,38H,5,10-13,31H2,1-4H3/t18-/m1/s1. The molecule has 10 nitrogen and oxygen atoms in total. The molecule has 4 heterocycles. The zero-order valence-corrected chi connectivity index (χ0v) is 23.2. The molecule has 4 aromatic rings. The number of aliphatic hydroxyl groups is 1. The molecule has 5 rings (SSSR count). The van der Waals surface area contributed by atoms with Crippen molar-refractivity contribution in [2.45, 2.75) is 52.1 Å². The lowest BCUT2D eigenvalue weighted by molar-refractivity contribution is -0.140. The first kappa shape index (κ1) is 27.3. The molecule has 1 aliphatic rings. The van der Waals surface area contributed by atoms with Gasteiger partial charge in [0.05, 0.1) is 30.3 Å².